The molecule has 0 N–H and O–H groups in total. The maximum atomic E-state index is 5.30. The standard InChI is InChI=1S/C3H6Cl2.C3H4Cl2/c1-3(2,4)5;1-2-3(4)5/h1-2H3;2H,1H3. The lowest BCUT2D eigenvalue weighted by molar-refractivity contribution is 0.995. The molecule has 0 amide bonds. The van der Waals surface area contributed by atoms with E-state index in [0.717, 1.165) is 0 Å². The van der Waals surface area contributed by atoms with Gasteiger partial charge in [0.05, 0.1) is 0 Å². The topological polar surface area (TPSA) is 0 Å². The summed E-state index contributed by atoms with van der Waals surface area (Å²) in [7, 11) is 0. The largest absolute Gasteiger partial charge is 0.112 e. The van der Waals surface area contributed by atoms with Gasteiger partial charge in [0.1, 0.15) is 8.82 Å². The summed E-state index contributed by atoms with van der Waals surface area (Å²) in [4.78, 5) is 0. The second kappa shape index (κ2) is 6.60. The molecule has 0 aromatic rings. The van der Waals surface area contributed by atoms with Gasteiger partial charge in [-0.05, 0) is 20.8 Å². The predicted molar refractivity (Wildman–Crippen MR) is 51.2 cm³/mol. The van der Waals surface area contributed by atoms with Crippen molar-refractivity contribution < 1.29 is 0 Å². The Morgan fingerprint density at radius 1 is 1.20 bits per heavy atom. The van der Waals surface area contributed by atoms with Crippen molar-refractivity contribution in [1.29, 1.82) is 0 Å². The highest BCUT2D eigenvalue weighted by Crippen LogP contribution is 2.16. The number of hydrogen-bond acceptors (Lipinski definition) is 0. The van der Waals surface area contributed by atoms with Crippen molar-refractivity contribution in [1.82, 2.24) is 0 Å². The van der Waals surface area contributed by atoms with E-state index in [9.17, 15) is 0 Å². The van der Waals surface area contributed by atoms with Crippen LogP contribution >= 0.6 is 46.4 Å². The average molecular weight is 224 g/mol. The molecule has 0 fully saturated rings. The molecule has 0 nitrogen and oxygen atoms in total. The van der Waals surface area contributed by atoms with Gasteiger partial charge < -0.3 is 0 Å². The van der Waals surface area contributed by atoms with Crippen LogP contribution in [0.5, 0.6) is 0 Å². The smallest absolute Gasteiger partial charge is 0.102 e. The summed E-state index contributed by atoms with van der Waals surface area (Å²) in [5.74, 6) is 0. The van der Waals surface area contributed by atoms with Crippen LogP contribution in [0.4, 0.5) is 0 Å². The monoisotopic (exact) mass is 222 g/mol. The van der Waals surface area contributed by atoms with Crippen LogP contribution in [0.15, 0.2) is 10.6 Å². The molecule has 0 heterocycles. The normalized spacial score (nSPS) is 9.50. The van der Waals surface area contributed by atoms with E-state index in [4.69, 9.17) is 46.4 Å². The fourth-order valence-electron chi connectivity index (χ4n) is 0. The second-order valence-corrected chi connectivity index (χ2v) is 5.00. The van der Waals surface area contributed by atoms with Gasteiger partial charge in [0, 0.05) is 0 Å². The molecule has 0 aliphatic heterocycles. The fraction of sp³-hybridized carbons (Fsp3) is 0.667. The van der Waals surface area contributed by atoms with Crippen LogP contribution in [0.25, 0.3) is 0 Å². The first kappa shape index (κ1) is 13.5. The van der Waals surface area contributed by atoms with Crippen LogP contribution in [-0.4, -0.2) is 4.33 Å². The molecular weight excluding hydrogens is 214 g/mol. The lowest BCUT2D eigenvalue weighted by atomic mass is 10.6. The summed E-state index contributed by atoms with van der Waals surface area (Å²) in [5, 5.41) is 0. The Hall–Kier alpha value is 0.900. The molecule has 0 radical (unpaired) electrons. The number of halogens is 4. The van der Waals surface area contributed by atoms with Gasteiger partial charge in [-0.15, -0.1) is 23.2 Å². The SMILES string of the molecule is CC(C)(Cl)Cl.CC=C(Cl)Cl. The summed E-state index contributed by atoms with van der Waals surface area (Å²) in [6, 6.07) is 0. The third-order valence-corrected chi connectivity index (χ3v) is 0.655. The van der Waals surface area contributed by atoms with Gasteiger partial charge in [-0.3, -0.25) is 0 Å². The van der Waals surface area contributed by atoms with E-state index >= 15 is 0 Å². The first-order valence-electron chi connectivity index (χ1n) is 2.62. The van der Waals surface area contributed by atoms with Gasteiger partial charge in [-0.25, -0.2) is 0 Å². The Morgan fingerprint density at radius 2 is 1.30 bits per heavy atom. The zero-order valence-corrected chi connectivity index (χ0v) is 9.11. The Balaban J connectivity index is 0. The van der Waals surface area contributed by atoms with Crippen molar-refractivity contribution in [3.63, 3.8) is 0 Å². The van der Waals surface area contributed by atoms with Crippen LogP contribution in [0.1, 0.15) is 20.8 Å². The van der Waals surface area contributed by atoms with Gasteiger partial charge in [-0.2, -0.15) is 0 Å². The lowest BCUT2D eigenvalue weighted by Crippen LogP contribution is -1.93. The highest BCUT2D eigenvalue weighted by Gasteiger charge is 2.03. The molecule has 0 atom stereocenters. The van der Waals surface area contributed by atoms with Gasteiger partial charge in [0.2, 0.25) is 0 Å². The van der Waals surface area contributed by atoms with Gasteiger partial charge in [0.15, 0.2) is 0 Å². The van der Waals surface area contributed by atoms with Crippen molar-refractivity contribution in [3.05, 3.63) is 10.6 Å². The minimum atomic E-state index is -0.556. The second-order valence-electron chi connectivity index (χ2n) is 1.91. The minimum absolute atomic E-state index is 0.324. The van der Waals surface area contributed by atoms with E-state index in [1.807, 2.05) is 0 Å². The maximum Gasteiger partial charge on any atom is 0.112 e. The number of rotatable bonds is 0. The third kappa shape index (κ3) is 66.0. The molecule has 0 aliphatic carbocycles. The molecule has 0 aromatic heterocycles. The summed E-state index contributed by atoms with van der Waals surface area (Å²) >= 11 is 20.8. The molecule has 0 aliphatic rings. The van der Waals surface area contributed by atoms with Crippen molar-refractivity contribution in [2.24, 2.45) is 0 Å². The first-order valence-corrected chi connectivity index (χ1v) is 4.13. The Bertz CT molecular complexity index is 90.8. The Labute approximate surface area is 82.1 Å². The van der Waals surface area contributed by atoms with Crippen LogP contribution < -0.4 is 0 Å². The molecule has 0 aromatic carbocycles. The minimum Gasteiger partial charge on any atom is -0.102 e. The number of alkyl halides is 2. The Morgan fingerprint density at radius 3 is 1.30 bits per heavy atom. The van der Waals surface area contributed by atoms with E-state index in [2.05, 4.69) is 0 Å². The number of allylic oxidation sites excluding steroid dienone is 1. The molecule has 0 bridgehead atoms. The van der Waals surface area contributed by atoms with Crippen molar-refractivity contribution in [2.75, 3.05) is 0 Å². The fourth-order valence-corrected chi connectivity index (χ4v) is 0. The van der Waals surface area contributed by atoms with E-state index in [1.54, 1.807) is 26.8 Å². The van der Waals surface area contributed by atoms with Gasteiger partial charge >= 0.3 is 0 Å². The highest BCUT2D eigenvalue weighted by molar-refractivity contribution is 6.55. The Kier molecular flexibility index (Phi) is 8.90. The molecule has 10 heavy (non-hydrogen) atoms. The van der Waals surface area contributed by atoms with Crippen LogP contribution in [0, 0.1) is 0 Å². The van der Waals surface area contributed by atoms with E-state index < -0.39 is 4.33 Å². The maximum absolute atomic E-state index is 5.30. The molecule has 62 valence electrons. The summed E-state index contributed by atoms with van der Waals surface area (Å²) in [6.45, 7) is 5.21. The molecule has 0 spiro atoms. The van der Waals surface area contributed by atoms with E-state index in [-0.39, 0.29) is 0 Å². The molecule has 0 saturated carbocycles. The summed E-state index contributed by atoms with van der Waals surface area (Å²) in [5.41, 5.74) is 0. The molecule has 0 unspecified atom stereocenters. The molecular formula is C6H10Cl4. The third-order valence-electron chi connectivity index (χ3n) is 0.218. The van der Waals surface area contributed by atoms with Crippen LogP contribution in [0.3, 0.4) is 0 Å². The molecule has 0 rings (SSSR count). The van der Waals surface area contributed by atoms with Gasteiger partial charge in [-0.1, -0.05) is 29.3 Å². The molecule has 0 saturated heterocycles. The highest BCUT2D eigenvalue weighted by atomic mass is 35.5. The van der Waals surface area contributed by atoms with Crippen LogP contribution in [-0.2, 0) is 0 Å². The quantitative estimate of drug-likeness (QED) is 0.530. The number of hydrogen-bond donors (Lipinski definition) is 0. The zero-order chi connectivity index (χ0) is 8.78. The van der Waals surface area contributed by atoms with E-state index in [1.165, 1.54) is 0 Å². The van der Waals surface area contributed by atoms with Crippen LogP contribution in [0.2, 0.25) is 0 Å². The summed E-state index contributed by atoms with van der Waals surface area (Å²) in [6.07, 6.45) is 1.61. The lowest BCUT2D eigenvalue weighted by Gasteiger charge is -1.98. The zero-order valence-electron chi connectivity index (χ0n) is 6.09. The van der Waals surface area contributed by atoms with Crippen molar-refractivity contribution >= 4 is 46.4 Å². The molecule has 4 heteroatoms. The summed E-state index contributed by atoms with van der Waals surface area (Å²) < 4.78 is -0.231. The predicted octanol–water partition coefficient (Wildman–Crippen LogP) is 4.53. The first-order chi connectivity index (χ1) is 4.27. The van der Waals surface area contributed by atoms with Gasteiger partial charge in [0.25, 0.3) is 0 Å². The average Bonchev–Trinajstić information content (AvgIpc) is 1.61. The van der Waals surface area contributed by atoms with Crippen molar-refractivity contribution in [2.45, 2.75) is 25.1 Å². The van der Waals surface area contributed by atoms with E-state index in [0.29, 0.717) is 4.49 Å². The van der Waals surface area contributed by atoms with Crippen molar-refractivity contribution in [3.8, 4) is 0 Å².